The number of hydrogen-bond donors (Lipinski definition) is 2. The van der Waals surface area contributed by atoms with Gasteiger partial charge in [-0.15, -0.1) is 0 Å². The maximum atomic E-state index is 8.89. The molecule has 0 aromatic rings. The molecule has 0 bridgehead atoms. The van der Waals surface area contributed by atoms with E-state index in [-0.39, 0.29) is 29.6 Å². The minimum Gasteiger partial charge on any atom is -0.364 e. The van der Waals surface area contributed by atoms with Gasteiger partial charge in [0.2, 0.25) is 0 Å². The maximum Gasteiger partial charge on any atom is 1.00 e. The molecule has 1 atom stereocenters. The summed E-state index contributed by atoms with van der Waals surface area (Å²) in [6, 6.07) is 0. The van der Waals surface area contributed by atoms with E-state index in [1.807, 2.05) is 0 Å². The van der Waals surface area contributed by atoms with Crippen molar-refractivity contribution in [3.05, 3.63) is 0 Å². The predicted molar refractivity (Wildman–Crippen MR) is 34.3 cm³/mol. The Morgan fingerprint density at radius 3 is 2.50 bits per heavy atom. The number of nitrogens with zero attached hydrogens (tertiary/aromatic N) is 2. The van der Waals surface area contributed by atoms with Gasteiger partial charge < -0.3 is 5.11 Å². The Bertz CT molecular complexity index is 108. The van der Waals surface area contributed by atoms with Crippen LogP contribution >= 0.6 is 23.6 Å². The summed E-state index contributed by atoms with van der Waals surface area (Å²) in [5.41, 5.74) is 0. The van der Waals surface area contributed by atoms with E-state index in [0.717, 1.165) is 4.42 Å². The standard InChI is InChI=1S/C3H7Cl2N3O.Na/c4-7-1-6-3(9)8(5)2-7;/h3,6,9H,1-2H2;/q;+1. The molecule has 0 amide bonds. The van der Waals surface area contributed by atoms with Crippen LogP contribution in [0.4, 0.5) is 0 Å². The van der Waals surface area contributed by atoms with Crippen molar-refractivity contribution in [1.82, 2.24) is 14.2 Å². The largest absolute Gasteiger partial charge is 1.00 e. The molecule has 1 heterocycles. The molecule has 0 aliphatic carbocycles. The summed E-state index contributed by atoms with van der Waals surface area (Å²) in [6.07, 6.45) is -0.790. The van der Waals surface area contributed by atoms with E-state index in [1.165, 1.54) is 4.42 Å². The molecule has 4 nitrogen and oxygen atoms in total. The topological polar surface area (TPSA) is 38.7 Å². The van der Waals surface area contributed by atoms with Crippen molar-refractivity contribution in [3.63, 3.8) is 0 Å². The van der Waals surface area contributed by atoms with Crippen LogP contribution in [0.3, 0.4) is 0 Å². The molecular weight excluding hydrogens is 188 g/mol. The molecular formula is C3H7Cl2N3NaO+. The summed E-state index contributed by atoms with van der Waals surface area (Å²) in [6.45, 7) is 0.781. The smallest absolute Gasteiger partial charge is 0.364 e. The van der Waals surface area contributed by atoms with E-state index >= 15 is 0 Å². The summed E-state index contributed by atoms with van der Waals surface area (Å²) in [4.78, 5) is 0. The average Bonchev–Trinajstić information content (AvgIpc) is 1.80. The molecule has 0 spiro atoms. The molecule has 0 aromatic carbocycles. The predicted octanol–water partition coefficient (Wildman–Crippen LogP) is -3.30. The fraction of sp³-hybridized carbons (Fsp3) is 1.00. The van der Waals surface area contributed by atoms with Crippen LogP contribution in [0.2, 0.25) is 0 Å². The van der Waals surface area contributed by atoms with Gasteiger partial charge in [-0.05, 0) is 23.6 Å². The molecule has 7 heteroatoms. The van der Waals surface area contributed by atoms with Crippen LogP contribution in [-0.2, 0) is 0 Å². The number of halogens is 2. The average molecular weight is 195 g/mol. The van der Waals surface area contributed by atoms with Crippen LogP contribution in [0, 0.1) is 0 Å². The zero-order valence-electron chi connectivity index (χ0n) is 5.59. The second kappa shape index (κ2) is 5.13. The molecule has 54 valence electrons. The Balaban J connectivity index is 0.000000810. The summed E-state index contributed by atoms with van der Waals surface area (Å²) in [7, 11) is 0. The Morgan fingerprint density at radius 1 is 1.50 bits per heavy atom. The van der Waals surface area contributed by atoms with Gasteiger partial charge in [0.05, 0.1) is 13.3 Å². The summed E-state index contributed by atoms with van der Waals surface area (Å²) >= 11 is 11.0. The fourth-order valence-corrected chi connectivity index (χ4v) is 0.991. The molecule has 1 saturated heterocycles. The number of aliphatic hydroxyl groups excluding tert-OH is 1. The monoisotopic (exact) mass is 194 g/mol. The first-order valence-corrected chi connectivity index (χ1v) is 3.12. The van der Waals surface area contributed by atoms with Crippen LogP contribution in [0.15, 0.2) is 0 Å². The van der Waals surface area contributed by atoms with Crippen LogP contribution in [0.5, 0.6) is 0 Å². The van der Waals surface area contributed by atoms with Crippen LogP contribution in [0.1, 0.15) is 0 Å². The third-order valence-electron chi connectivity index (χ3n) is 0.999. The van der Waals surface area contributed by atoms with Gasteiger partial charge in [0.25, 0.3) is 0 Å². The van der Waals surface area contributed by atoms with Gasteiger partial charge in [-0.1, -0.05) is 0 Å². The number of aliphatic hydroxyl groups is 1. The molecule has 1 aliphatic heterocycles. The van der Waals surface area contributed by atoms with E-state index in [4.69, 9.17) is 28.7 Å². The zero-order chi connectivity index (χ0) is 6.85. The van der Waals surface area contributed by atoms with Gasteiger partial charge in [-0.3, -0.25) is 5.32 Å². The van der Waals surface area contributed by atoms with Crippen molar-refractivity contribution in [1.29, 1.82) is 0 Å². The SMILES string of the molecule is OC1NCN(Cl)CN1Cl.[Na+]. The quantitative estimate of drug-likeness (QED) is 0.313. The van der Waals surface area contributed by atoms with Gasteiger partial charge in [0.1, 0.15) is 0 Å². The van der Waals surface area contributed by atoms with E-state index in [0.29, 0.717) is 13.3 Å². The minimum absolute atomic E-state index is 0. The van der Waals surface area contributed by atoms with Crippen molar-refractivity contribution < 1.29 is 34.7 Å². The molecule has 1 unspecified atom stereocenters. The Labute approximate surface area is 91.6 Å². The Kier molecular flexibility index (Phi) is 5.86. The normalized spacial score (nSPS) is 29.7. The Morgan fingerprint density at radius 2 is 2.10 bits per heavy atom. The van der Waals surface area contributed by atoms with Crippen molar-refractivity contribution in [2.45, 2.75) is 6.35 Å². The van der Waals surface area contributed by atoms with E-state index < -0.39 is 6.35 Å². The molecule has 0 aromatic heterocycles. The summed E-state index contributed by atoms with van der Waals surface area (Å²) in [5.74, 6) is 0. The molecule has 1 fully saturated rings. The van der Waals surface area contributed by atoms with Gasteiger partial charge in [0.15, 0.2) is 6.35 Å². The van der Waals surface area contributed by atoms with Crippen molar-refractivity contribution in [2.24, 2.45) is 0 Å². The number of hydrogen-bond acceptors (Lipinski definition) is 4. The molecule has 0 radical (unpaired) electrons. The second-order valence-corrected chi connectivity index (χ2v) is 2.65. The molecule has 0 saturated carbocycles. The van der Waals surface area contributed by atoms with Gasteiger partial charge in [0, 0.05) is 0 Å². The first-order valence-electron chi connectivity index (χ1n) is 2.45. The number of nitrogens with one attached hydrogen (secondary N) is 1. The summed E-state index contributed by atoms with van der Waals surface area (Å²) < 4.78 is 2.58. The molecule has 2 N–H and O–H groups in total. The molecule has 1 rings (SSSR count). The van der Waals surface area contributed by atoms with Gasteiger partial charge in [-0.2, -0.15) is 8.84 Å². The first kappa shape index (κ1) is 11.4. The zero-order valence-corrected chi connectivity index (χ0v) is 9.10. The van der Waals surface area contributed by atoms with Gasteiger partial charge in [-0.25, -0.2) is 0 Å². The van der Waals surface area contributed by atoms with Gasteiger partial charge >= 0.3 is 29.6 Å². The minimum atomic E-state index is -0.790. The van der Waals surface area contributed by atoms with E-state index in [9.17, 15) is 0 Å². The number of rotatable bonds is 0. The van der Waals surface area contributed by atoms with E-state index in [2.05, 4.69) is 5.32 Å². The molecule has 10 heavy (non-hydrogen) atoms. The Hall–Kier alpha value is 1.42. The third-order valence-corrected chi connectivity index (χ3v) is 1.52. The summed E-state index contributed by atoms with van der Waals surface area (Å²) in [5, 5.41) is 11.5. The van der Waals surface area contributed by atoms with E-state index in [1.54, 1.807) is 0 Å². The van der Waals surface area contributed by atoms with Crippen molar-refractivity contribution in [3.8, 4) is 0 Å². The van der Waals surface area contributed by atoms with Crippen molar-refractivity contribution in [2.75, 3.05) is 13.3 Å². The second-order valence-electron chi connectivity index (χ2n) is 1.74. The first-order chi connectivity index (χ1) is 4.20. The van der Waals surface area contributed by atoms with Crippen LogP contribution < -0.4 is 34.9 Å². The fourth-order valence-electron chi connectivity index (χ4n) is 0.554. The van der Waals surface area contributed by atoms with Crippen LogP contribution in [0.25, 0.3) is 0 Å². The maximum absolute atomic E-state index is 8.89. The van der Waals surface area contributed by atoms with Crippen LogP contribution in [-0.4, -0.2) is 33.6 Å². The van der Waals surface area contributed by atoms with Crippen molar-refractivity contribution >= 4 is 23.6 Å². The molecule has 1 aliphatic rings. The third kappa shape index (κ3) is 3.21.